The summed E-state index contributed by atoms with van der Waals surface area (Å²) in [5.74, 6) is -0.839. The van der Waals surface area contributed by atoms with Crippen molar-refractivity contribution in [1.29, 1.82) is 0 Å². The molecule has 2 bridgehead atoms. The average Bonchev–Trinajstić information content (AvgIpc) is 2.73. The molecular formula is C14H16Cl3FN2O. The average molecular weight is 354 g/mol. The summed E-state index contributed by atoms with van der Waals surface area (Å²) in [6.45, 7) is 1.32. The molecule has 3 rings (SSSR count). The van der Waals surface area contributed by atoms with Crippen molar-refractivity contribution in [2.45, 2.75) is 31.3 Å². The quantitative estimate of drug-likeness (QED) is 0.784. The van der Waals surface area contributed by atoms with Gasteiger partial charge in [0.15, 0.2) is 0 Å². The van der Waals surface area contributed by atoms with Gasteiger partial charge in [-0.05, 0) is 31.4 Å². The Bertz CT molecular complexity index is 555. The Morgan fingerprint density at radius 2 is 1.90 bits per heavy atom. The molecule has 21 heavy (non-hydrogen) atoms. The second-order valence-corrected chi connectivity index (χ2v) is 6.24. The van der Waals surface area contributed by atoms with Crippen molar-refractivity contribution in [2.75, 3.05) is 13.1 Å². The van der Waals surface area contributed by atoms with E-state index < -0.39 is 5.82 Å². The summed E-state index contributed by atoms with van der Waals surface area (Å²) in [5, 5.41) is 3.63. The molecule has 0 saturated carbocycles. The van der Waals surface area contributed by atoms with Crippen LogP contribution in [0.3, 0.4) is 0 Å². The Balaban J connectivity index is 0.00000161. The van der Waals surface area contributed by atoms with Gasteiger partial charge in [-0.2, -0.15) is 0 Å². The number of benzene rings is 1. The molecule has 2 unspecified atom stereocenters. The Morgan fingerprint density at radius 3 is 2.67 bits per heavy atom. The van der Waals surface area contributed by atoms with Crippen molar-refractivity contribution in [1.82, 2.24) is 10.2 Å². The first-order chi connectivity index (χ1) is 9.54. The highest BCUT2D eigenvalue weighted by Gasteiger charge is 2.32. The van der Waals surface area contributed by atoms with Gasteiger partial charge in [0.05, 0.1) is 15.6 Å². The number of carbonyl (C=O) groups excluding carboxylic acids is 1. The minimum atomic E-state index is -0.617. The number of amides is 1. The second kappa shape index (κ2) is 6.69. The summed E-state index contributed by atoms with van der Waals surface area (Å²) in [6.07, 6.45) is 3.18. The number of rotatable bonds is 1. The van der Waals surface area contributed by atoms with Gasteiger partial charge >= 0.3 is 0 Å². The summed E-state index contributed by atoms with van der Waals surface area (Å²) < 4.78 is 13.5. The molecule has 3 nitrogen and oxygen atoms in total. The van der Waals surface area contributed by atoms with Gasteiger partial charge in [-0.25, -0.2) is 4.39 Å². The molecule has 1 aromatic rings. The zero-order valence-corrected chi connectivity index (χ0v) is 13.6. The molecule has 2 heterocycles. The fourth-order valence-corrected chi connectivity index (χ4v) is 3.45. The van der Waals surface area contributed by atoms with Gasteiger partial charge < -0.3 is 10.2 Å². The van der Waals surface area contributed by atoms with Crippen molar-refractivity contribution >= 4 is 41.5 Å². The number of carbonyl (C=O) groups is 1. The van der Waals surface area contributed by atoms with E-state index in [0.717, 1.165) is 18.9 Å². The molecule has 0 spiro atoms. The third kappa shape index (κ3) is 3.45. The molecule has 116 valence electrons. The highest BCUT2D eigenvalue weighted by atomic mass is 35.5. The smallest absolute Gasteiger partial charge is 0.255 e. The molecule has 1 N–H and O–H groups in total. The van der Waals surface area contributed by atoms with Crippen LogP contribution in [0.25, 0.3) is 0 Å². The van der Waals surface area contributed by atoms with Crippen LogP contribution >= 0.6 is 35.6 Å². The summed E-state index contributed by atoms with van der Waals surface area (Å²) in [6, 6.07) is 3.25. The molecule has 2 fully saturated rings. The van der Waals surface area contributed by atoms with Crippen molar-refractivity contribution in [3.8, 4) is 0 Å². The third-order valence-corrected chi connectivity index (χ3v) is 4.65. The van der Waals surface area contributed by atoms with Crippen molar-refractivity contribution in [3.05, 3.63) is 33.6 Å². The first-order valence-electron chi connectivity index (χ1n) is 6.74. The van der Waals surface area contributed by atoms with E-state index in [9.17, 15) is 9.18 Å². The Morgan fingerprint density at radius 1 is 1.19 bits per heavy atom. The van der Waals surface area contributed by atoms with Crippen molar-refractivity contribution < 1.29 is 9.18 Å². The maximum absolute atomic E-state index is 13.5. The molecule has 0 aliphatic carbocycles. The van der Waals surface area contributed by atoms with Crippen LogP contribution in [0.15, 0.2) is 12.1 Å². The second-order valence-electron chi connectivity index (χ2n) is 5.42. The van der Waals surface area contributed by atoms with E-state index in [2.05, 4.69) is 5.32 Å². The highest BCUT2D eigenvalue weighted by molar-refractivity contribution is 6.36. The predicted molar refractivity (Wildman–Crippen MR) is 84.1 cm³/mol. The molecule has 0 radical (unpaired) electrons. The highest BCUT2D eigenvalue weighted by Crippen LogP contribution is 2.27. The summed E-state index contributed by atoms with van der Waals surface area (Å²) >= 11 is 11.7. The Hall–Kier alpha value is -0.550. The van der Waals surface area contributed by atoms with Crippen LogP contribution in [0.5, 0.6) is 0 Å². The topological polar surface area (TPSA) is 32.3 Å². The minimum absolute atomic E-state index is 0. The van der Waals surface area contributed by atoms with Crippen LogP contribution in [0, 0.1) is 5.82 Å². The van der Waals surface area contributed by atoms with E-state index in [1.54, 1.807) is 4.90 Å². The predicted octanol–water partition coefficient (Wildman–Crippen LogP) is 3.52. The number of halogens is 4. The molecule has 7 heteroatoms. The van der Waals surface area contributed by atoms with Crippen molar-refractivity contribution in [2.24, 2.45) is 0 Å². The van der Waals surface area contributed by atoms with Gasteiger partial charge in [0.1, 0.15) is 5.82 Å². The molecule has 0 aromatic heterocycles. The summed E-state index contributed by atoms with van der Waals surface area (Å²) in [4.78, 5) is 14.3. The number of likely N-dealkylation sites (tertiary alicyclic amines) is 1. The molecule has 2 atom stereocenters. The molecule has 2 saturated heterocycles. The lowest BCUT2D eigenvalue weighted by molar-refractivity contribution is 0.0748. The Labute approximate surface area is 139 Å². The van der Waals surface area contributed by atoms with Crippen molar-refractivity contribution in [3.63, 3.8) is 0 Å². The van der Waals surface area contributed by atoms with Gasteiger partial charge in [-0.3, -0.25) is 4.79 Å². The van der Waals surface area contributed by atoms with Gasteiger partial charge in [0.2, 0.25) is 0 Å². The zero-order valence-electron chi connectivity index (χ0n) is 11.2. The monoisotopic (exact) mass is 352 g/mol. The third-order valence-electron chi connectivity index (χ3n) is 4.05. The molecule has 1 amide bonds. The number of nitrogens with zero attached hydrogens (tertiary/aromatic N) is 1. The van der Waals surface area contributed by atoms with Crippen LogP contribution in [-0.2, 0) is 0 Å². The zero-order chi connectivity index (χ0) is 14.3. The molecule has 2 aliphatic rings. The normalized spacial score (nSPS) is 24.4. The van der Waals surface area contributed by atoms with E-state index in [1.807, 2.05) is 0 Å². The fourth-order valence-electron chi connectivity index (χ4n) is 2.98. The minimum Gasteiger partial charge on any atom is -0.337 e. The van der Waals surface area contributed by atoms with Gasteiger partial charge in [0.25, 0.3) is 5.91 Å². The maximum Gasteiger partial charge on any atom is 0.255 e. The number of hydrogen-bond donors (Lipinski definition) is 1. The first-order valence-corrected chi connectivity index (χ1v) is 7.50. The van der Waals surface area contributed by atoms with Gasteiger partial charge in [0, 0.05) is 25.2 Å². The van der Waals surface area contributed by atoms with E-state index in [4.69, 9.17) is 23.2 Å². The first kappa shape index (κ1) is 16.8. The van der Waals surface area contributed by atoms with E-state index in [-0.39, 0.29) is 33.9 Å². The lowest BCUT2D eigenvalue weighted by Crippen LogP contribution is -2.39. The molecule has 2 aliphatic heterocycles. The van der Waals surface area contributed by atoms with E-state index >= 15 is 0 Å². The molecular weight excluding hydrogens is 338 g/mol. The van der Waals surface area contributed by atoms with Gasteiger partial charge in [-0.15, -0.1) is 12.4 Å². The van der Waals surface area contributed by atoms with Crippen LogP contribution in [0.4, 0.5) is 4.39 Å². The van der Waals surface area contributed by atoms with Crippen LogP contribution in [0.2, 0.25) is 10.0 Å². The Kier molecular flexibility index (Phi) is 5.36. The SMILES string of the molecule is Cl.O=C(c1cc(F)c(Cl)cc1Cl)N1CCC2CCC(C1)N2. The van der Waals surface area contributed by atoms with Crippen LogP contribution in [0.1, 0.15) is 29.6 Å². The summed E-state index contributed by atoms with van der Waals surface area (Å²) in [5.41, 5.74) is 0.186. The van der Waals surface area contributed by atoms with Crippen LogP contribution < -0.4 is 5.32 Å². The number of hydrogen-bond acceptors (Lipinski definition) is 2. The standard InChI is InChI=1S/C14H15Cl2FN2O.ClH/c15-11-6-12(16)13(17)5-10(11)14(20)19-4-3-8-1-2-9(7-19)18-8;/h5-6,8-9,18H,1-4,7H2;1H. The largest absolute Gasteiger partial charge is 0.337 e. The lowest BCUT2D eigenvalue weighted by atomic mass is 10.1. The van der Waals surface area contributed by atoms with E-state index in [1.165, 1.54) is 12.5 Å². The fraction of sp³-hybridized carbons (Fsp3) is 0.500. The summed E-state index contributed by atoms with van der Waals surface area (Å²) in [7, 11) is 0. The van der Waals surface area contributed by atoms with Gasteiger partial charge in [-0.1, -0.05) is 23.2 Å². The number of nitrogens with one attached hydrogen (secondary N) is 1. The van der Waals surface area contributed by atoms with E-state index in [0.29, 0.717) is 25.2 Å². The molecule has 1 aromatic carbocycles. The maximum atomic E-state index is 13.5. The number of fused-ring (bicyclic) bond motifs is 2. The van der Waals surface area contributed by atoms with Crippen LogP contribution in [-0.4, -0.2) is 36.0 Å². The lowest BCUT2D eigenvalue weighted by Gasteiger charge is -2.24.